The minimum Gasteiger partial charge on any atom is -0.462 e. The third-order valence-electron chi connectivity index (χ3n) is 9.39. The first-order valence-corrected chi connectivity index (χ1v) is 17.3. The number of amides is 4. The van der Waals surface area contributed by atoms with Crippen LogP contribution in [0.1, 0.15) is 53.6 Å². The molecule has 6 rings (SSSR count). The van der Waals surface area contributed by atoms with Crippen LogP contribution in [-0.4, -0.2) is 71.8 Å². The minimum absolute atomic E-state index is 0.150. The quantitative estimate of drug-likeness (QED) is 0.171. The van der Waals surface area contributed by atoms with Gasteiger partial charge >= 0.3 is 5.97 Å². The molecule has 2 fully saturated rings. The molecular formula is C40H42N4O6. The number of hydrogen-bond donors (Lipinski definition) is 3. The fourth-order valence-corrected chi connectivity index (χ4v) is 6.72. The molecule has 258 valence electrons. The van der Waals surface area contributed by atoms with E-state index in [2.05, 4.69) is 16.0 Å². The van der Waals surface area contributed by atoms with Crippen molar-refractivity contribution in [1.82, 2.24) is 20.9 Å². The fraction of sp³-hybridized carbons (Fsp3) is 0.325. The van der Waals surface area contributed by atoms with E-state index in [1.807, 2.05) is 78.9 Å². The minimum atomic E-state index is -1.02. The number of rotatable bonds is 10. The maximum atomic E-state index is 14.1. The first-order valence-electron chi connectivity index (χ1n) is 17.3. The van der Waals surface area contributed by atoms with Gasteiger partial charge in [-0.2, -0.15) is 0 Å². The number of esters is 1. The van der Waals surface area contributed by atoms with E-state index < -0.39 is 47.9 Å². The molecule has 0 spiro atoms. The molecule has 0 radical (unpaired) electrons. The van der Waals surface area contributed by atoms with Gasteiger partial charge < -0.3 is 25.6 Å². The maximum Gasteiger partial charge on any atom is 0.338 e. The predicted molar refractivity (Wildman–Crippen MR) is 189 cm³/mol. The number of unbranched alkanes of at least 4 members (excludes halogenated alkanes) is 1. The van der Waals surface area contributed by atoms with Crippen LogP contribution in [0.3, 0.4) is 0 Å². The molecule has 0 saturated carbocycles. The molecule has 0 unspecified atom stereocenters. The second-order valence-corrected chi connectivity index (χ2v) is 12.9. The largest absolute Gasteiger partial charge is 0.462 e. The van der Waals surface area contributed by atoms with Crippen molar-refractivity contribution in [2.45, 2.75) is 69.1 Å². The zero-order valence-corrected chi connectivity index (χ0v) is 27.9. The SMILES string of the molecule is O=C(OCCCC[C@@H]1NC(=O)[C@H]2CCCN2C(=O)[C@H](Cc2ccccc2)NC(=O)[C@H](Cc2ccc3ccccc3c2)NC1=O)c1ccccc1. The van der Waals surface area contributed by atoms with Crippen LogP contribution in [0, 0.1) is 0 Å². The molecular weight excluding hydrogens is 632 g/mol. The number of carbonyl (C=O) groups is 5. The Hall–Kier alpha value is -5.51. The monoisotopic (exact) mass is 674 g/mol. The summed E-state index contributed by atoms with van der Waals surface area (Å²) in [7, 11) is 0. The fourth-order valence-electron chi connectivity index (χ4n) is 6.72. The molecule has 0 aromatic heterocycles. The highest BCUT2D eigenvalue weighted by molar-refractivity contribution is 5.98. The van der Waals surface area contributed by atoms with Crippen LogP contribution >= 0.6 is 0 Å². The van der Waals surface area contributed by atoms with Crippen molar-refractivity contribution < 1.29 is 28.7 Å². The van der Waals surface area contributed by atoms with Crippen molar-refractivity contribution >= 4 is 40.4 Å². The highest BCUT2D eigenvalue weighted by Gasteiger charge is 2.40. The Kier molecular flexibility index (Phi) is 11.2. The summed E-state index contributed by atoms with van der Waals surface area (Å²) in [6, 6.07) is 28.2. The summed E-state index contributed by atoms with van der Waals surface area (Å²) in [6.07, 6.45) is 2.69. The molecule has 2 saturated heterocycles. The molecule has 0 aliphatic carbocycles. The first-order chi connectivity index (χ1) is 24.4. The average Bonchev–Trinajstić information content (AvgIpc) is 3.64. The van der Waals surface area contributed by atoms with E-state index in [0.29, 0.717) is 37.8 Å². The smallest absolute Gasteiger partial charge is 0.338 e. The molecule has 10 heteroatoms. The number of fused-ring (bicyclic) bond motifs is 2. The van der Waals surface area contributed by atoms with E-state index >= 15 is 0 Å². The normalized spacial score (nSPS) is 21.3. The van der Waals surface area contributed by atoms with Gasteiger partial charge in [-0.25, -0.2) is 4.79 Å². The Morgan fingerprint density at radius 2 is 1.30 bits per heavy atom. The zero-order valence-electron chi connectivity index (χ0n) is 27.9. The summed E-state index contributed by atoms with van der Waals surface area (Å²) >= 11 is 0. The van der Waals surface area contributed by atoms with Gasteiger partial charge in [0, 0.05) is 19.4 Å². The highest BCUT2D eigenvalue weighted by Crippen LogP contribution is 2.22. The van der Waals surface area contributed by atoms with Crippen molar-refractivity contribution in [3.63, 3.8) is 0 Å². The molecule has 4 amide bonds. The topological polar surface area (TPSA) is 134 Å². The Morgan fingerprint density at radius 3 is 2.08 bits per heavy atom. The van der Waals surface area contributed by atoms with Gasteiger partial charge in [-0.3, -0.25) is 19.2 Å². The summed E-state index contributed by atoms with van der Waals surface area (Å²) in [6.45, 7) is 0.527. The van der Waals surface area contributed by atoms with Gasteiger partial charge in [0.1, 0.15) is 24.2 Å². The van der Waals surface area contributed by atoms with E-state index in [1.54, 1.807) is 29.2 Å². The summed E-state index contributed by atoms with van der Waals surface area (Å²) in [5, 5.41) is 10.8. The number of nitrogens with zero attached hydrogens (tertiary/aromatic N) is 1. The zero-order chi connectivity index (χ0) is 34.9. The molecule has 4 aromatic rings. The third kappa shape index (κ3) is 8.55. The summed E-state index contributed by atoms with van der Waals surface area (Å²) in [5.41, 5.74) is 2.15. The molecule has 0 bridgehead atoms. The standard InChI is InChI=1S/C40H42N4O6/c45-36-32(18-9-10-23-50-40(49)30-15-5-2-6-16-30)41-38(47)35-19-11-22-44(35)39(48)34(25-27-12-3-1-4-13-27)43-37(46)33(42-36)26-28-20-21-29-14-7-8-17-31(29)24-28/h1-8,12-17,20-21,24,32-35H,9-11,18-19,22-23,25-26H2,(H,41,47)(H,42,45)(H,43,46)/t32-,33-,34-,35+/m0/s1. The average molecular weight is 675 g/mol. The molecule has 2 aliphatic rings. The Bertz CT molecular complexity index is 1830. The van der Waals surface area contributed by atoms with E-state index in [4.69, 9.17) is 4.74 Å². The van der Waals surface area contributed by atoms with Gasteiger partial charge in [0.2, 0.25) is 23.6 Å². The van der Waals surface area contributed by atoms with Crippen molar-refractivity contribution in [3.8, 4) is 0 Å². The molecule has 3 N–H and O–H groups in total. The summed E-state index contributed by atoms with van der Waals surface area (Å²) in [4.78, 5) is 69.8. The van der Waals surface area contributed by atoms with Crippen LogP contribution in [-0.2, 0) is 36.8 Å². The second kappa shape index (κ2) is 16.3. The molecule has 50 heavy (non-hydrogen) atoms. The van der Waals surface area contributed by atoms with Crippen molar-refractivity contribution in [2.24, 2.45) is 0 Å². The maximum absolute atomic E-state index is 14.1. The van der Waals surface area contributed by atoms with Gasteiger partial charge in [-0.05, 0) is 66.1 Å². The molecule has 4 aromatic carbocycles. The number of hydrogen-bond acceptors (Lipinski definition) is 6. The van der Waals surface area contributed by atoms with Crippen LogP contribution in [0.25, 0.3) is 10.8 Å². The number of carbonyl (C=O) groups excluding carboxylic acids is 5. The third-order valence-corrected chi connectivity index (χ3v) is 9.39. The van der Waals surface area contributed by atoms with Crippen LogP contribution in [0.5, 0.6) is 0 Å². The van der Waals surface area contributed by atoms with Gasteiger partial charge in [-0.15, -0.1) is 0 Å². The van der Waals surface area contributed by atoms with Gasteiger partial charge in [0.15, 0.2) is 0 Å². The number of benzene rings is 4. The van der Waals surface area contributed by atoms with E-state index in [9.17, 15) is 24.0 Å². The van der Waals surface area contributed by atoms with Gasteiger partial charge in [0.25, 0.3) is 0 Å². The molecule has 2 aliphatic heterocycles. The van der Waals surface area contributed by atoms with E-state index in [1.165, 1.54) is 0 Å². The number of ether oxygens (including phenoxy) is 1. The Balaban J connectivity index is 1.22. The van der Waals surface area contributed by atoms with Crippen molar-refractivity contribution in [2.75, 3.05) is 13.2 Å². The van der Waals surface area contributed by atoms with Crippen molar-refractivity contribution in [1.29, 1.82) is 0 Å². The van der Waals surface area contributed by atoms with Crippen LogP contribution in [0.2, 0.25) is 0 Å². The Morgan fingerprint density at radius 1 is 0.660 bits per heavy atom. The lowest BCUT2D eigenvalue weighted by molar-refractivity contribution is -0.143. The van der Waals surface area contributed by atoms with Gasteiger partial charge in [-0.1, -0.05) is 91.0 Å². The lowest BCUT2D eigenvalue weighted by Crippen LogP contribution is -2.62. The second-order valence-electron chi connectivity index (χ2n) is 12.9. The lowest BCUT2D eigenvalue weighted by atomic mass is 9.99. The predicted octanol–water partition coefficient (Wildman–Crippen LogP) is 4.11. The molecule has 10 nitrogen and oxygen atoms in total. The Labute approximate surface area is 291 Å². The van der Waals surface area contributed by atoms with Crippen LogP contribution < -0.4 is 16.0 Å². The van der Waals surface area contributed by atoms with E-state index in [-0.39, 0.29) is 31.8 Å². The van der Waals surface area contributed by atoms with Crippen LogP contribution in [0.4, 0.5) is 0 Å². The summed E-state index contributed by atoms with van der Waals surface area (Å²) < 4.78 is 5.40. The highest BCUT2D eigenvalue weighted by atomic mass is 16.5. The van der Waals surface area contributed by atoms with Crippen LogP contribution in [0.15, 0.2) is 103 Å². The molecule has 4 atom stereocenters. The van der Waals surface area contributed by atoms with Gasteiger partial charge in [0.05, 0.1) is 12.2 Å². The lowest BCUT2D eigenvalue weighted by Gasteiger charge is -2.32. The van der Waals surface area contributed by atoms with Crippen molar-refractivity contribution in [3.05, 3.63) is 120 Å². The first kappa shape index (κ1) is 34.4. The summed E-state index contributed by atoms with van der Waals surface area (Å²) in [5.74, 6) is -2.12. The number of nitrogens with one attached hydrogen (secondary N) is 3. The molecule has 2 heterocycles. The van der Waals surface area contributed by atoms with E-state index in [0.717, 1.165) is 21.9 Å².